The smallest absolute Gasteiger partial charge is 0.261 e. The molecular weight excluding hydrogens is 410 g/mol. The lowest BCUT2D eigenvalue weighted by Gasteiger charge is -2.28. The molecule has 0 radical (unpaired) electrons. The number of nitrogens with two attached hydrogens (primary N) is 1. The molecule has 0 amide bonds. The largest absolute Gasteiger partial charge is 0.489 e. The van der Waals surface area contributed by atoms with Crippen LogP contribution < -0.4 is 20.5 Å². The van der Waals surface area contributed by atoms with Crippen LogP contribution in [0.1, 0.15) is 30.5 Å². The quantitative estimate of drug-likeness (QED) is 0.484. The maximum Gasteiger partial charge on any atom is 0.261 e. The molecule has 31 heavy (non-hydrogen) atoms. The van der Waals surface area contributed by atoms with Crippen LogP contribution in [-0.2, 0) is 16.4 Å². The van der Waals surface area contributed by atoms with Gasteiger partial charge in [-0.3, -0.25) is 4.72 Å². The van der Waals surface area contributed by atoms with Crippen LogP contribution in [0.3, 0.4) is 0 Å². The van der Waals surface area contributed by atoms with Crippen molar-refractivity contribution in [2.75, 3.05) is 17.0 Å². The van der Waals surface area contributed by atoms with Crippen molar-refractivity contribution in [3.05, 3.63) is 83.9 Å². The molecule has 4 N–H and O–H groups in total. The molecule has 162 valence electrons. The first-order chi connectivity index (χ1) is 14.9. The zero-order valence-corrected chi connectivity index (χ0v) is 18.2. The van der Waals surface area contributed by atoms with Gasteiger partial charge in [0.25, 0.3) is 10.0 Å². The number of ether oxygens (including phenoxy) is 1. The highest BCUT2D eigenvalue weighted by molar-refractivity contribution is 7.92. The fourth-order valence-electron chi connectivity index (χ4n) is 3.66. The number of aryl methyl sites for hydroxylation is 1. The molecule has 0 aromatic heterocycles. The Kier molecular flexibility index (Phi) is 6.15. The standard InChI is InChI=1S/C24H27N3O3S/c1-17(18-5-3-2-4-6-18)26-16-22-12-8-19-7-11-21(15-24(19)30-22)27-31(28,29)23-13-9-20(25)10-14-23/h2-7,9-11,13-15,17,22,26-27H,8,12,16,25H2,1H3/t17-,22?/m1/s1. The summed E-state index contributed by atoms with van der Waals surface area (Å²) in [6.07, 6.45) is 1.84. The molecule has 0 aliphatic carbocycles. The van der Waals surface area contributed by atoms with E-state index in [0.717, 1.165) is 30.7 Å². The minimum atomic E-state index is -3.70. The van der Waals surface area contributed by atoms with E-state index in [0.29, 0.717) is 11.4 Å². The van der Waals surface area contributed by atoms with E-state index < -0.39 is 10.0 Å². The molecular formula is C24H27N3O3S. The second-order valence-electron chi connectivity index (χ2n) is 7.82. The molecule has 0 fully saturated rings. The SMILES string of the molecule is C[C@@H](NCC1CCc2ccc(NS(=O)(=O)c3ccc(N)cc3)cc2O1)c1ccccc1. The molecule has 3 aromatic rings. The van der Waals surface area contributed by atoms with Crippen LogP contribution >= 0.6 is 0 Å². The summed E-state index contributed by atoms with van der Waals surface area (Å²) in [5.41, 5.74) is 8.96. The lowest BCUT2D eigenvalue weighted by atomic mass is 10.0. The van der Waals surface area contributed by atoms with Crippen molar-refractivity contribution in [3.8, 4) is 5.75 Å². The van der Waals surface area contributed by atoms with Gasteiger partial charge < -0.3 is 15.8 Å². The van der Waals surface area contributed by atoms with Crippen molar-refractivity contribution in [2.24, 2.45) is 0 Å². The summed E-state index contributed by atoms with van der Waals surface area (Å²) < 4.78 is 34.1. The van der Waals surface area contributed by atoms with Crippen LogP contribution in [0.2, 0.25) is 0 Å². The number of sulfonamides is 1. The topological polar surface area (TPSA) is 93.5 Å². The molecule has 6 nitrogen and oxygen atoms in total. The Balaban J connectivity index is 1.41. The molecule has 0 spiro atoms. The Hall–Kier alpha value is -3.03. The maximum absolute atomic E-state index is 12.7. The molecule has 7 heteroatoms. The predicted octanol–water partition coefficient (Wildman–Crippen LogP) is 4.11. The third-order valence-corrected chi connectivity index (χ3v) is 6.89. The minimum absolute atomic E-state index is 0.0302. The Morgan fingerprint density at radius 3 is 2.55 bits per heavy atom. The first-order valence-electron chi connectivity index (χ1n) is 10.4. The molecule has 0 saturated carbocycles. The van der Waals surface area contributed by atoms with Gasteiger partial charge in [-0.15, -0.1) is 0 Å². The summed E-state index contributed by atoms with van der Waals surface area (Å²) in [5.74, 6) is 0.725. The summed E-state index contributed by atoms with van der Waals surface area (Å²) in [7, 11) is -3.70. The molecule has 1 aliphatic rings. The van der Waals surface area contributed by atoms with E-state index >= 15 is 0 Å². The van der Waals surface area contributed by atoms with Gasteiger partial charge in [0, 0.05) is 24.3 Å². The van der Waals surface area contributed by atoms with E-state index in [-0.39, 0.29) is 17.0 Å². The van der Waals surface area contributed by atoms with E-state index in [1.54, 1.807) is 24.3 Å². The molecule has 1 unspecified atom stereocenters. The van der Waals surface area contributed by atoms with Gasteiger partial charge in [0.05, 0.1) is 10.6 Å². The van der Waals surface area contributed by atoms with E-state index in [1.807, 2.05) is 24.3 Å². The third kappa shape index (κ3) is 5.18. The van der Waals surface area contributed by atoms with Gasteiger partial charge in [-0.25, -0.2) is 8.42 Å². The summed E-state index contributed by atoms with van der Waals surface area (Å²) in [6, 6.07) is 22.1. The van der Waals surface area contributed by atoms with Crippen LogP contribution in [-0.4, -0.2) is 21.1 Å². The van der Waals surface area contributed by atoms with Gasteiger partial charge in [-0.05, 0) is 61.2 Å². The van der Waals surface area contributed by atoms with Crippen molar-refractivity contribution in [1.82, 2.24) is 5.32 Å². The molecule has 0 saturated heterocycles. The Morgan fingerprint density at radius 1 is 1.06 bits per heavy atom. The van der Waals surface area contributed by atoms with E-state index in [1.165, 1.54) is 17.7 Å². The second kappa shape index (κ2) is 8.99. The molecule has 4 rings (SSSR count). The van der Waals surface area contributed by atoms with Crippen LogP contribution in [0.15, 0.2) is 77.7 Å². The summed E-state index contributed by atoms with van der Waals surface area (Å²) >= 11 is 0. The van der Waals surface area contributed by atoms with Crippen LogP contribution in [0.4, 0.5) is 11.4 Å². The highest BCUT2D eigenvalue weighted by atomic mass is 32.2. The first-order valence-corrected chi connectivity index (χ1v) is 11.9. The first kappa shape index (κ1) is 21.2. The fraction of sp³-hybridized carbons (Fsp3) is 0.250. The zero-order chi connectivity index (χ0) is 21.8. The lowest BCUT2D eigenvalue weighted by molar-refractivity contribution is 0.167. The van der Waals surface area contributed by atoms with Gasteiger partial charge in [0.2, 0.25) is 0 Å². The van der Waals surface area contributed by atoms with Crippen LogP contribution in [0.5, 0.6) is 5.75 Å². The summed E-state index contributed by atoms with van der Waals surface area (Å²) in [4.78, 5) is 0.164. The number of nitrogens with one attached hydrogen (secondary N) is 2. The maximum atomic E-state index is 12.7. The van der Waals surface area contributed by atoms with Gasteiger partial charge in [0.15, 0.2) is 0 Å². The van der Waals surface area contributed by atoms with E-state index in [2.05, 4.69) is 29.1 Å². The van der Waals surface area contributed by atoms with E-state index in [9.17, 15) is 8.42 Å². The summed E-state index contributed by atoms with van der Waals surface area (Å²) in [6.45, 7) is 2.85. The lowest BCUT2D eigenvalue weighted by Crippen LogP contribution is -2.35. The average molecular weight is 438 g/mol. The van der Waals surface area contributed by atoms with Crippen molar-refractivity contribution < 1.29 is 13.2 Å². The molecule has 0 bridgehead atoms. The number of fused-ring (bicyclic) bond motifs is 1. The second-order valence-corrected chi connectivity index (χ2v) is 9.50. The molecule has 2 atom stereocenters. The number of hydrogen-bond acceptors (Lipinski definition) is 5. The van der Waals surface area contributed by atoms with Crippen LogP contribution in [0, 0.1) is 0 Å². The van der Waals surface area contributed by atoms with E-state index in [4.69, 9.17) is 10.5 Å². The van der Waals surface area contributed by atoms with Crippen LogP contribution in [0.25, 0.3) is 0 Å². The number of anilines is 2. The molecule has 3 aromatic carbocycles. The van der Waals surface area contributed by atoms with Crippen molar-refractivity contribution in [3.63, 3.8) is 0 Å². The number of benzene rings is 3. The number of rotatable bonds is 7. The monoisotopic (exact) mass is 437 g/mol. The fourth-order valence-corrected chi connectivity index (χ4v) is 4.71. The molecule has 1 aliphatic heterocycles. The van der Waals surface area contributed by atoms with Gasteiger partial charge in [0.1, 0.15) is 11.9 Å². The van der Waals surface area contributed by atoms with Crippen molar-refractivity contribution >= 4 is 21.4 Å². The van der Waals surface area contributed by atoms with Gasteiger partial charge in [-0.2, -0.15) is 0 Å². The highest BCUT2D eigenvalue weighted by Gasteiger charge is 2.22. The van der Waals surface area contributed by atoms with Gasteiger partial charge in [-0.1, -0.05) is 36.4 Å². The van der Waals surface area contributed by atoms with Crippen molar-refractivity contribution in [1.29, 1.82) is 0 Å². The normalized spacial score (nSPS) is 16.7. The van der Waals surface area contributed by atoms with Crippen molar-refractivity contribution in [2.45, 2.75) is 36.8 Å². The third-order valence-electron chi connectivity index (χ3n) is 5.49. The predicted molar refractivity (Wildman–Crippen MR) is 124 cm³/mol. The average Bonchev–Trinajstić information content (AvgIpc) is 2.78. The Labute approximate surface area is 183 Å². The number of hydrogen-bond donors (Lipinski definition) is 3. The minimum Gasteiger partial charge on any atom is -0.489 e. The zero-order valence-electron chi connectivity index (χ0n) is 17.4. The molecule has 1 heterocycles. The highest BCUT2D eigenvalue weighted by Crippen LogP contribution is 2.31. The van der Waals surface area contributed by atoms with Gasteiger partial charge >= 0.3 is 0 Å². The Bertz CT molecular complexity index is 1130. The Morgan fingerprint density at radius 2 is 1.81 bits per heavy atom. The number of nitrogen functional groups attached to an aromatic ring is 1. The summed E-state index contributed by atoms with van der Waals surface area (Å²) in [5, 5.41) is 3.53.